The van der Waals surface area contributed by atoms with E-state index in [-0.39, 0.29) is 11.6 Å². The van der Waals surface area contributed by atoms with Gasteiger partial charge in [0.05, 0.1) is 12.7 Å². The van der Waals surface area contributed by atoms with Crippen LogP contribution in [-0.4, -0.2) is 45.0 Å². The van der Waals surface area contributed by atoms with Gasteiger partial charge in [0.25, 0.3) is 0 Å². The SMILES string of the molecule is COc1ccc(C(Oc2ccc(OCC(=O)O)c(C)c2)c2n[nH]c(-c3ccc(C(F)(F)F)cc3)n2)cn1. The monoisotopic (exact) mass is 514 g/mol. The molecule has 192 valence electrons. The number of carbonyl (C=O) groups is 1. The number of aryl methyl sites for hydroxylation is 1. The summed E-state index contributed by atoms with van der Waals surface area (Å²) in [5, 5.41) is 15.8. The number of carboxylic acid groups (broad SMARTS) is 1. The fraction of sp³-hybridized carbons (Fsp3) is 0.200. The first kappa shape index (κ1) is 25.5. The molecule has 4 rings (SSSR count). The van der Waals surface area contributed by atoms with Crippen molar-refractivity contribution in [3.8, 4) is 28.8 Å². The first-order valence-corrected chi connectivity index (χ1v) is 10.9. The van der Waals surface area contributed by atoms with Crippen LogP contribution >= 0.6 is 0 Å². The zero-order chi connectivity index (χ0) is 26.6. The van der Waals surface area contributed by atoms with Crippen molar-refractivity contribution in [2.24, 2.45) is 0 Å². The fourth-order valence-corrected chi connectivity index (χ4v) is 3.41. The first-order chi connectivity index (χ1) is 17.6. The van der Waals surface area contributed by atoms with E-state index in [0.717, 1.165) is 12.1 Å². The average molecular weight is 514 g/mol. The minimum Gasteiger partial charge on any atom is -0.482 e. The number of aliphatic carboxylic acids is 1. The Bertz CT molecular complexity index is 1370. The summed E-state index contributed by atoms with van der Waals surface area (Å²) >= 11 is 0. The number of H-pyrrole nitrogens is 1. The molecule has 37 heavy (non-hydrogen) atoms. The molecule has 0 radical (unpaired) electrons. The molecule has 0 aliphatic rings. The van der Waals surface area contributed by atoms with Crippen LogP contribution in [-0.2, 0) is 11.0 Å². The second-order valence-corrected chi connectivity index (χ2v) is 7.86. The van der Waals surface area contributed by atoms with Gasteiger partial charge in [-0.3, -0.25) is 5.10 Å². The van der Waals surface area contributed by atoms with Gasteiger partial charge in [-0.2, -0.15) is 18.3 Å². The van der Waals surface area contributed by atoms with Crippen LogP contribution in [0.3, 0.4) is 0 Å². The van der Waals surface area contributed by atoms with Crippen molar-refractivity contribution in [1.82, 2.24) is 20.2 Å². The van der Waals surface area contributed by atoms with E-state index in [1.165, 1.54) is 25.4 Å². The van der Waals surface area contributed by atoms with Gasteiger partial charge in [0.1, 0.15) is 11.5 Å². The molecule has 12 heteroatoms. The lowest BCUT2D eigenvalue weighted by atomic mass is 10.1. The fourth-order valence-electron chi connectivity index (χ4n) is 3.41. The number of ether oxygens (including phenoxy) is 3. The summed E-state index contributed by atoms with van der Waals surface area (Å²) in [6.45, 7) is 1.26. The molecule has 2 N–H and O–H groups in total. The number of methoxy groups -OCH3 is 1. The Morgan fingerprint density at radius 2 is 1.86 bits per heavy atom. The van der Waals surface area contributed by atoms with Gasteiger partial charge in [-0.25, -0.2) is 14.8 Å². The van der Waals surface area contributed by atoms with E-state index in [1.54, 1.807) is 37.3 Å². The van der Waals surface area contributed by atoms with Gasteiger partial charge in [0.2, 0.25) is 5.88 Å². The molecular weight excluding hydrogens is 493 g/mol. The number of carboxylic acids is 1. The minimum absolute atomic E-state index is 0.214. The Hall–Kier alpha value is -4.61. The van der Waals surface area contributed by atoms with Crippen molar-refractivity contribution in [3.05, 3.63) is 83.3 Å². The third kappa shape index (κ3) is 6.15. The van der Waals surface area contributed by atoms with E-state index in [4.69, 9.17) is 19.3 Å². The predicted octanol–water partition coefficient (Wildman–Crippen LogP) is 4.83. The number of hydrogen-bond donors (Lipinski definition) is 2. The third-order valence-electron chi connectivity index (χ3n) is 5.25. The molecular formula is C25H21F3N4O5. The number of pyridine rings is 1. The van der Waals surface area contributed by atoms with Gasteiger partial charge in [-0.15, -0.1) is 0 Å². The highest BCUT2D eigenvalue weighted by atomic mass is 19.4. The summed E-state index contributed by atoms with van der Waals surface area (Å²) in [6.07, 6.45) is -3.75. The van der Waals surface area contributed by atoms with Gasteiger partial charge < -0.3 is 19.3 Å². The molecule has 0 saturated heterocycles. The van der Waals surface area contributed by atoms with Crippen LogP contribution in [0, 0.1) is 6.92 Å². The molecule has 0 fully saturated rings. The van der Waals surface area contributed by atoms with Gasteiger partial charge in [0.15, 0.2) is 24.4 Å². The molecule has 1 unspecified atom stereocenters. The van der Waals surface area contributed by atoms with E-state index in [2.05, 4.69) is 20.2 Å². The molecule has 0 aliphatic carbocycles. The number of nitrogens with one attached hydrogen (secondary N) is 1. The lowest BCUT2D eigenvalue weighted by Crippen LogP contribution is -2.13. The standard InChI is InChI=1S/C25H21F3N4O5/c1-14-11-18(8-9-19(14)36-13-21(33)34)37-22(16-5-10-20(35-2)29-12-16)24-30-23(31-32-24)15-3-6-17(7-4-15)25(26,27)28/h3-12,22H,13H2,1-2H3,(H,33,34)(H,30,31,32). The number of aromatic nitrogens is 4. The number of rotatable bonds is 9. The zero-order valence-electron chi connectivity index (χ0n) is 19.6. The summed E-state index contributed by atoms with van der Waals surface area (Å²) in [6, 6.07) is 12.8. The summed E-state index contributed by atoms with van der Waals surface area (Å²) in [7, 11) is 1.48. The predicted molar refractivity (Wildman–Crippen MR) is 124 cm³/mol. The highest BCUT2D eigenvalue weighted by molar-refractivity contribution is 5.68. The number of hydrogen-bond acceptors (Lipinski definition) is 7. The molecule has 0 bridgehead atoms. The smallest absolute Gasteiger partial charge is 0.416 e. The molecule has 0 aliphatic heterocycles. The lowest BCUT2D eigenvalue weighted by Gasteiger charge is -2.18. The van der Waals surface area contributed by atoms with E-state index in [1.807, 2.05) is 0 Å². The maximum atomic E-state index is 12.9. The normalized spacial score (nSPS) is 12.1. The van der Waals surface area contributed by atoms with Gasteiger partial charge >= 0.3 is 12.1 Å². The van der Waals surface area contributed by atoms with Crippen molar-refractivity contribution < 1.29 is 37.3 Å². The van der Waals surface area contributed by atoms with Gasteiger partial charge in [-0.05, 0) is 48.9 Å². The van der Waals surface area contributed by atoms with Crippen LogP contribution in [0.2, 0.25) is 0 Å². The maximum absolute atomic E-state index is 12.9. The molecule has 0 amide bonds. The molecule has 2 aromatic heterocycles. The Labute approximate surface area is 208 Å². The topological polar surface area (TPSA) is 119 Å². The number of halogens is 3. The third-order valence-corrected chi connectivity index (χ3v) is 5.25. The van der Waals surface area contributed by atoms with E-state index >= 15 is 0 Å². The van der Waals surface area contributed by atoms with Crippen molar-refractivity contribution in [2.75, 3.05) is 13.7 Å². The second-order valence-electron chi connectivity index (χ2n) is 7.86. The van der Waals surface area contributed by atoms with Crippen LogP contribution in [0.1, 0.15) is 28.6 Å². The van der Waals surface area contributed by atoms with Crippen LogP contribution in [0.25, 0.3) is 11.4 Å². The summed E-state index contributed by atoms with van der Waals surface area (Å²) in [5.74, 6) is 0.568. The number of benzene rings is 2. The Kier molecular flexibility index (Phi) is 7.27. The number of nitrogens with zero attached hydrogens (tertiary/aromatic N) is 3. The molecule has 1 atom stereocenters. The van der Waals surface area contributed by atoms with Crippen molar-refractivity contribution >= 4 is 5.97 Å². The van der Waals surface area contributed by atoms with Crippen LogP contribution in [0.5, 0.6) is 17.4 Å². The van der Waals surface area contributed by atoms with Crippen molar-refractivity contribution in [3.63, 3.8) is 0 Å². The molecule has 4 aromatic rings. The Morgan fingerprint density at radius 3 is 2.46 bits per heavy atom. The number of alkyl halides is 3. The second kappa shape index (κ2) is 10.6. The Balaban J connectivity index is 1.64. The average Bonchev–Trinajstić information content (AvgIpc) is 3.36. The molecule has 2 heterocycles. The van der Waals surface area contributed by atoms with Crippen molar-refractivity contribution in [1.29, 1.82) is 0 Å². The van der Waals surface area contributed by atoms with E-state index < -0.39 is 30.4 Å². The molecule has 0 spiro atoms. The van der Waals surface area contributed by atoms with E-state index in [0.29, 0.717) is 34.1 Å². The quantitative estimate of drug-likeness (QED) is 0.326. The van der Waals surface area contributed by atoms with Crippen LogP contribution in [0.15, 0.2) is 60.8 Å². The number of aromatic amines is 1. The Morgan fingerprint density at radius 1 is 1.11 bits per heavy atom. The lowest BCUT2D eigenvalue weighted by molar-refractivity contribution is -0.139. The highest BCUT2D eigenvalue weighted by Gasteiger charge is 2.30. The first-order valence-electron chi connectivity index (χ1n) is 10.9. The summed E-state index contributed by atoms with van der Waals surface area (Å²) in [4.78, 5) is 19.4. The van der Waals surface area contributed by atoms with Crippen LogP contribution < -0.4 is 14.2 Å². The molecule has 0 saturated carbocycles. The molecule has 9 nitrogen and oxygen atoms in total. The van der Waals surface area contributed by atoms with Gasteiger partial charge in [-0.1, -0.05) is 12.1 Å². The molecule has 2 aromatic carbocycles. The summed E-state index contributed by atoms with van der Waals surface area (Å²) in [5.41, 5.74) is 0.871. The zero-order valence-corrected chi connectivity index (χ0v) is 19.6. The highest BCUT2D eigenvalue weighted by Crippen LogP contribution is 2.32. The largest absolute Gasteiger partial charge is 0.482 e. The minimum atomic E-state index is -4.45. The van der Waals surface area contributed by atoms with Gasteiger partial charge in [0, 0.05) is 23.4 Å². The van der Waals surface area contributed by atoms with E-state index in [9.17, 15) is 18.0 Å². The summed E-state index contributed by atoms with van der Waals surface area (Å²) < 4.78 is 55.3. The maximum Gasteiger partial charge on any atom is 0.416 e. The van der Waals surface area contributed by atoms with Crippen molar-refractivity contribution in [2.45, 2.75) is 19.2 Å². The van der Waals surface area contributed by atoms with Crippen LogP contribution in [0.4, 0.5) is 13.2 Å².